The summed E-state index contributed by atoms with van der Waals surface area (Å²) in [4.78, 5) is 29.6. The molecule has 3 N–H and O–H groups in total. The topological polar surface area (TPSA) is 117 Å². The minimum atomic E-state index is -3.30. The van der Waals surface area contributed by atoms with Crippen molar-refractivity contribution in [3.63, 3.8) is 0 Å². The Hall–Kier alpha value is -1.85. The van der Waals surface area contributed by atoms with Gasteiger partial charge in [-0.05, 0) is 43.5 Å². The average Bonchev–Trinajstić information content (AvgIpc) is 3.23. The number of carbonyl (C=O) groups is 1. The van der Waals surface area contributed by atoms with E-state index in [1.807, 2.05) is 33.9 Å². The van der Waals surface area contributed by atoms with Gasteiger partial charge in [0, 0.05) is 12.2 Å². The minimum absolute atomic E-state index is 0.0843. The summed E-state index contributed by atoms with van der Waals surface area (Å²) >= 11 is 0. The van der Waals surface area contributed by atoms with Crippen LogP contribution in [0.25, 0.3) is 0 Å². The third-order valence-corrected chi connectivity index (χ3v) is 13.7. The van der Waals surface area contributed by atoms with Crippen LogP contribution in [0, 0.1) is 11.3 Å². The molecule has 1 aliphatic rings. The van der Waals surface area contributed by atoms with Crippen LogP contribution in [0.15, 0.2) is 17.1 Å². The molecule has 236 valence electrons. The number of anilines is 1. The molecule has 41 heavy (non-hydrogen) atoms. The number of carboxylic acid groups (broad SMARTS) is 1. The number of nitrogens with two attached hydrogens (primary N) is 1. The number of nitrogen functional groups attached to an aromatic ring is 1. The summed E-state index contributed by atoms with van der Waals surface area (Å²) < 4.78 is 43.3. The Morgan fingerprint density at radius 3 is 2.32 bits per heavy atom. The van der Waals surface area contributed by atoms with Crippen molar-refractivity contribution in [1.29, 1.82) is 0 Å². The molecule has 2 heterocycles. The van der Waals surface area contributed by atoms with E-state index < -0.39 is 49.9 Å². The first-order chi connectivity index (χ1) is 19.1. The number of nitrogens with zero attached hydrogens (tertiary/aromatic N) is 2. The predicted molar refractivity (Wildman–Crippen MR) is 161 cm³/mol. The second kappa shape index (κ2) is 15.0. The SMILES string of the molecule is CCCCCCCCCC[C@H](CC[C@@](CO[Si](C)(C)C(C)(C)C)(C(=O)O)C1COCC1(F)F)n1ccc(N)nc1=O. The van der Waals surface area contributed by atoms with E-state index in [0.717, 1.165) is 25.7 Å². The molecular formula is C30H53F2N3O5Si. The highest BCUT2D eigenvalue weighted by Gasteiger charge is 2.60. The van der Waals surface area contributed by atoms with Crippen LogP contribution in [0.4, 0.5) is 14.6 Å². The van der Waals surface area contributed by atoms with Gasteiger partial charge in [-0.1, -0.05) is 79.1 Å². The van der Waals surface area contributed by atoms with Crippen LogP contribution in [-0.2, 0) is 14.0 Å². The van der Waals surface area contributed by atoms with Crippen LogP contribution in [0.1, 0.15) is 104 Å². The van der Waals surface area contributed by atoms with E-state index in [2.05, 4.69) is 11.9 Å². The lowest BCUT2D eigenvalue weighted by Gasteiger charge is -2.43. The number of hydrogen-bond acceptors (Lipinski definition) is 6. The Morgan fingerprint density at radius 1 is 1.20 bits per heavy atom. The molecule has 0 radical (unpaired) electrons. The maximum atomic E-state index is 15.2. The van der Waals surface area contributed by atoms with Gasteiger partial charge in [0.15, 0.2) is 8.32 Å². The van der Waals surface area contributed by atoms with Gasteiger partial charge in [-0.3, -0.25) is 9.36 Å². The van der Waals surface area contributed by atoms with E-state index in [9.17, 15) is 14.7 Å². The standard InChI is InChI=1S/C30H53F2N3O5Si/c1-7-8-9-10-11-12-13-14-15-23(35-19-17-25(33)34-27(35)38)16-18-29(26(36)37,24-20-39-22-30(24,31)32)21-40-41(5,6)28(2,3)4/h17,19,23-24H,7-16,18,20-22H2,1-6H3,(H,36,37)(H2,33,34,38)/t23-,24?,29+/m1/s1. The monoisotopic (exact) mass is 601 g/mol. The Balaban J connectivity index is 2.31. The van der Waals surface area contributed by atoms with Crippen molar-refractivity contribution in [2.45, 2.75) is 128 Å². The molecule has 0 aliphatic carbocycles. The Morgan fingerprint density at radius 2 is 1.80 bits per heavy atom. The second-order valence-corrected chi connectivity index (χ2v) is 18.1. The molecule has 1 fully saturated rings. The number of rotatable bonds is 18. The predicted octanol–water partition coefficient (Wildman–Crippen LogP) is 7.05. The number of aromatic nitrogens is 2. The molecule has 3 atom stereocenters. The average molecular weight is 602 g/mol. The van der Waals surface area contributed by atoms with Gasteiger partial charge in [-0.25, -0.2) is 13.6 Å². The summed E-state index contributed by atoms with van der Waals surface area (Å²) in [6.45, 7) is 10.7. The smallest absolute Gasteiger partial charge is 0.349 e. The first kappa shape index (κ1) is 35.3. The highest BCUT2D eigenvalue weighted by molar-refractivity contribution is 6.74. The van der Waals surface area contributed by atoms with E-state index >= 15 is 8.78 Å². The molecule has 2 rings (SSSR count). The van der Waals surface area contributed by atoms with Crippen LogP contribution < -0.4 is 11.4 Å². The van der Waals surface area contributed by atoms with E-state index in [4.69, 9.17) is 14.9 Å². The number of hydrogen-bond donors (Lipinski definition) is 2. The molecule has 0 spiro atoms. The summed E-state index contributed by atoms with van der Waals surface area (Å²) in [7, 11) is -2.46. The van der Waals surface area contributed by atoms with Crippen molar-refractivity contribution >= 4 is 20.1 Å². The Bertz CT molecular complexity index is 1030. The number of halogens is 2. The summed E-state index contributed by atoms with van der Waals surface area (Å²) in [5, 5.41) is 10.3. The van der Waals surface area contributed by atoms with Gasteiger partial charge >= 0.3 is 11.7 Å². The lowest BCUT2D eigenvalue weighted by atomic mass is 9.70. The Kier molecular flexibility index (Phi) is 13.0. The first-order valence-corrected chi connectivity index (χ1v) is 18.2. The number of unbranched alkanes of at least 4 members (excludes halogenated alkanes) is 7. The van der Waals surface area contributed by atoms with E-state index in [-0.39, 0.29) is 36.9 Å². The van der Waals surface area contributed by atoms with Crippen molar-refractivity contribution in [2.24, 2.45) is 11.3 Å². The highest BCUT2D eigenvalue weighted by Crippen LogP contribution is 2.49. The third-order valence-electron chi connectivity index (χ3n) is 9.24. The molecule has 11 heteroatoms. The normalized spacial score (nSPS) is 19.7. The molecule has 0 amide bonds. The number of carboxylic acids is 1. The largest absolute Gasteiger partial charge is 0.481 e. The van der Waals surface area contributed by atoms with E-state index in [1.165, 1.54) is 36.3 Å². The number of aliphatic carboxylic acids is 1. The fraction of sp³-hybridized carbons (Fsp3) is 0.833. The van der Waals surface area contributed by atoms with Crippen LogP contribution in [0.2, 0.25) is 18.1 Å². The van der Waals surface area contributed by atoms with Crippen molar-refractivity contribution in [1.82, 2.24) is 9.55 Å². The van der Waals surface area contributed by atoms with Crippen LogP contribution in [0.5, 0.6) is 0 Å². The molecule has 0 bridgehead atoms. The van der Waals surface area contributed by atoms with E-state index in [0.29, 0.717) is 6.42 Å². The number of alkyl halides is 2. The zero-order valence-corrected chi connectivity index (χ0v) is 27.0. The fourth-order valence-electron chi connectivity index (χ4n) is 5.35. The number of ether oxygens (including phenoxy) is 1. The summed E-state index contributed by atoms with van der Waals surface area (Å²) in [5.74, 6) is -6.06. The minimum Gasteiger partial charge on any atom is -0.481 e. The van der Waals surface area contributed by atoms with Gasteiger partial charge in [-0.2, -0.15) is 4.98 Å². The summed E-state index contributed by atoms with van der Waals surface area (Å²) in [6, 6.07) is 1.13. The molecule has 8 nitrogen and oxygen atoms in total. The van der Waals surface area contributed by atoms with Crippen molar-refractivity contribution in [2.75, 3.05) is 25.6 Å². The van der Waals surface area contributed by atoms with Crippen LogP contribution in [-0.4, -0.2) is 54.7 Å². The second-order valence-electron chi connectivity index (χ2n) is 13.3. The lowest BCUT2D eigenvalue weighted by molar-refractivity contribution is -0.168. The van der Waals surface area contributed by atoms with Gasteiger partial charge in [0.1, 0.15) is 17.8 Å². The zero-order chi connectivity index (χ0) is 30.9. The maximum Gasteiger partial charge on any atom is 0.349 e. The highest BCUT2D eigenvalue weighted by atomic mass is 28.4. The summed E-state index contributed by atoms with van der Waals surface area (Å²) in [5.41, 5.74) is 3.31. The molecule has 0 saturated carbocycles. The molecule has 1 aromatic heterocycles. The molecule has 1 saturated heterocycles. The van der Waals surface area contributed by atoms with Crippen molar-refractivity contribution < 1.29 is 27.8 Å². The maximum absolute atomic E-state index is 15.2. The van der Waals surface area contributed by atoms with Gasteiger partial charge in [-0.15, -0.1) is 0 Å². The fourth-order valence-corrected chi connectivity index (χ4v) is 6.41. The molecule has 1 aliphatic heterocycles. The molecular weight excluding hydrogens is 548 g/mol. The van der Waals surface area contributed by atoms with Crippen molar-refractivity contribution in [3.05, 3.63) is 22.7 Å². The van der Waals surface area contributed by atoms with Crippen molar-refractivity contribution in [3.8, 4) is 0 Å². The first-order valence-electron chi connectivity index (χ1n) is 15.2. The van der Waals surface area contributed by atoms with Gasteiger partial charge in [0.2, 0.25) is 0 Å². The van der Waals surface area contributed by atoms with E-state index in [1.54, 1.807) is 6.20 Å². The lowest BCUT2D eigenvalue weighted by Crippen LogP contribution is -2.53. The molecule has 1 unspecified atom stereocenters. The van der Waals surface area contributed by atoms with Gasteiger partial charge < -0.3 is 20.0 Å². The van der Waals surface area contributed by atoms with Crippen LogP contribution in [0.3, 0.4) is 0 Å². The van der Waals surface area contributed by atoms with Gasteiger partial charge in [0.05, 0.1) is 19.1 Å². The third kappa shape index (κ3) is 9.58. The Labute approximate surface area is 245 Å². The summed E-state index contributed by atoms with van der Waals surface area (Å²) in [6.07, 6.45) is 11.2. The quantitative estimate of drug-likeness (QED) is 0.137. The molecule has 1 aromatic rings. The molecule has 0 aromatic carbocycles. The van der Waals surface area contributed by atoms with Gasteiger partial charge in [0.25, 0.3) is 5.92 Å². The van der Waals surface area contributed by atoms with Crippen LogP contribution >= 0.6 is 0 Å². The zero-order valence-electron chi connectivity index (χ0n) is 26.0.